The summed E-state index contributed by atoms with van der Waals surface area (Å²) in [6, 6.07) is 24.2. The largest absolute Gasteiger partial charge is 0.299 e. The number of hydrogen-bond donors (Lipinski definition) is 0. The van der Waals surface area contributed by atoms with Gasteiger partial charge in [-0.15, -0.1) is 22.9 Å². The molecule has 1 atom stereocenters. The third kappa shape index (κ3) is 5.39. The fourth-order valence-corrected chi connectivity index (χ4v) is 6.70. The van der Waals surface area contributed by atoms with Gasteiger partial charge in [-0.1, -0.05) is 54.6 Å². The predicted molar refractivity (Wildman–Crippen MR) is 146 cm³/mol. The van der Waals surface area contributed by atoms with Crippen LogP contribution >= 0.6 is 22.9 Å². The molecule has 2 aliphatic rings. The number of benzene rings is 3. The predicted octanol–water partition coefficient (Wildman–Crippen LogP) is 5.21. The smallest absolute Gasteiger partial charge is 0.269 e. The van der Waals surface area contributed by atoms with Gasteiger partial charge >= 0.3 is 0 Å². The van der Waals surface area contributed by atoms with Crippen molar-refractivity contribution in [2.24, 2.45) is 0 Å². The third-order valence-corrected chi connectivity index (χ3v) is 8.58. The standard InChI is InChI=1S/C28H26N2O2S.ClH/c31-30(32)26-13-11-22(12-14-26)6-5-17-29-18-15-27(16-19-29)33-21-25-9-2-1-7-23(25)20-24-8-3-4-10-28(24)33;/h1-14,20-21H,15-19H2;1H. The van der Waals surface area contributed by atoms with Crippen molar-refractivity contribution in [3.05, 3.63) is 111 Å². The molecule has 0 N–H and O–H groups in total. The van der Waals surface area contributed by atoms with E-state index < -0.39 is 0 Å². The number of halogens is 1. The maximum absolute atomic E-state index is 10.8. The average Bonchev–Trinajstić information content (AvgIpc) is 3.02. The maximum atomic E-state index is 10.8. The van der Waals surface area contributed by atoms with E-state index in [4.69, 9.17) is 0 Å². The van der Waals surface area contributed by atoms with Gasteiger partial charge in [0.1, 0.15) is 0 Å². The highest BCUT2D eigenvalue weighted by molar-refractivity contribution is 8.22. The Morgan fingerprint density at radius 3 is 2.32 bits per heavy atom. The summed E-state index contributed by atoms with van der Waals surface area (Å²) < 4.78 is 0. The topological polar surface area (TPSA) is 46.4 Å². The van der Waals surface area contributed by atoms with E-state index in [1.165, 1.54) is 20.9 Å². The molecule has 2 aliphatic heterocycles. The summed E-state index contributed by atoms with van der Waals surface area (Å²) in [6.07, 6.45) is 8.76. The van der Waals surface area contributed by atoms with Crippen LogP contribution in [0.3, 0.4) is 0 Å². The molecule has 174 valence electrons. The highest BCUT2D eigenvalue weighted by Crippen LogP contribution is 2.36. The minimum atomic E-state index is -0.364. The van der Waals surface area contributed by atoms with E-state index >= 15 is 0 Å². The fraction of sp³-hybridized carbons (Fsp3) is 0.179. The van der Waals surface area contributed by atoms with Gasteiger partial charge in [-0.05, 0) is 69.0 Å². The van der Waals surface area contributed by atoms with Crippen molar-refractivity contribution in [2.75, 3.05) is 19.6 Å². The van der Waals surface area contributed by atoms with E-state index in [0.717, 1.165) is 38.0 Å². The summed E-state index contributed by atoms with van der Waals surface area (Å²) in [5, 5.41) is 15.9. The van der Waals surface area contributed by atoms with Crippen molar-refractivity contribution in [3.63, 3.8) is 0 Å². The van der Waals surface area contributed by atoms with Gasteiger partial charge in [0.25, 0.3) is 5.69 Å². The lowest BCUT2D eigenvalue weighted by Gasteiger charge is -2.29. The molecule has 0 amide bonds. The van der Waals surface area contributed by atoms with Gasteiger partial charge < -0.3 is 0 Å². The van der Waals surface area contributed by atoms with Crippen LogP contribution in [0.5, 0.6) is 0 Å². The molecule has 3 aromatic carbocycles. The summed E-state index contributed by atoms with van der Waals surface area (Å²) in [7, 11) is 0.0194. The van der Waals surface area contributed by atoms with Crippen LogP contribution in [0.15, 0.2) is 83.8 Å². The van der Waals surface area contributed by atoms with Gasteiger partial charge in [-0.2, -0.15) is 0 Å². The molecule has 0 radical (unpaired) electrons. The molecule has 0 spiro atoms. The Labute approximate surface area is 208 Å². The van der Waals surface area contributed by atoms with Crippen LogP contribution in [0.1, 0.15) is 24.0 Å². The Bertz CT molecular complexity index is 1370. The van der Waals surface area contributed by atoms with E-state index in [9.17, 15) is 10.1 Å². The molecule has 0 saturated carbocycles. The first-order chi connectivity index (χ1) is 16.2. The first-order valence-electron chi connectivity index (χ1n) is 11.3. The van der Waals surface area contributed by atoms with Gasteiger partial charge in [0.15, 0.2) is 0 Å². The van der Waals surface area contributed by atoms with Crippen molar-refractivity contribution in [3.8, 4) is 0 Å². The number of nitrogens with zero attached hydrogens (tertiary/aromatic N) is 2. The van der Waals surface area contributed by atoms with Crippen LogP contribution < -0.4 is 10.4 Å². The number of non-ortho nitro benzene ring substituents is 1. The number of likely N-dealkylation sites (tertiary alicyclic amines) is 1. The van der Waals surface area contributed by atoms with E-state index in [-0.39, 0.29) is 33.5 Å². The summed E-state index contributed by atoms with van der Waals surface area (Å²) in [6.45, 7) is 3.02. The number of nitro groups is 1. The molecule has 3 aromatic rings. The van der Waals surface area contributed by atoms with Crippen molar-refractivity contribution < 1.29 is 4.92 Å². The van der Waals surface area contributed by atoms with Crippen molar-refractivity contribution in [1.82, 2.24) is 4.90 Å². The number of piperidine rings is 1. The third-order valence-electron chi connectivity index (χ3n) is 6.21. The number of nitro benzene ring substituents is 1. The summed E-state index contributed by atoms with van der Waals surface area (Å²) in [4.78, 5) is 16.0. The van der Waals surface area contributed by atoms with Gasteiger partial charge in [-0.3, -0.25) is 15.0 Å². The Hall–Kier alpha value is -2.99. The van der Waals surface area contributed by atoms with E-state index in [2.05, 4.69) is 71.0 Å². The molecular formula is C28H27ClN2O2S. The molecule has 2 heterocycles. The highest BCUT2D eigenvalue weighted by Gasteiger charge is 2.17. The maximum Gasteiger partial charge on any atom is 0.269 e. The minimum Gasteiger partial charge on any atom is -0.299 e. The molecule has 5 rings (SSSR count). The molecule has 1 fully saturated rings. The van der Waals surface area contributed by atoms with Crippen LogP contribution in [0.2, 0.25) is 0 Å². The second kappa shape index (κ2) is 11.0. The van der Waals surface area contributed by atoms with Gasteiger partial charge in [0, 0.05) is 36.7 Å². The van der Waals surface area contributed by atoms with Crippen LogP contribution in [-0.2, 0) is 0 Å². The molecule has 4 nitrogen and oxygen atoms in total. The molecule has 0 bridgehead atoms. The Kier molecular flexibility index (Phi) is 7.78. The first-order valence-corrected chi connectivity index (χ1v) is 12.5. The van der Waals surface area contributed by atoms with Crippen LogP contribution in [-0.4, -0.2) is 34.3 Å². The fourth-order valence-electron chi connectivity index (χ4n) is 4.40. The Balaban J connectivity index is 0.00000274. The zero-order valence-electron chi connectivity index (χ0n) is 18.8. The van der Waals surface area contributed by atoms with Gasteiger partial charge in [-0.25, -0.2) is 0 Å². The number of fused-ring (bicyclic) bond motifs is 2. The SMILES string of the molecule is Cl.O=[N+]([O-])c1ccc(C=CCN2CCC(=S3C=c4ccccc4=Cc4ccccc43)CC2)cc1. The second-order valence-corrected chi connectivity index (χ2v) is 10.3. The number of rotatable bonds is 4. The average molecular weight is 491 g/mol. The molecule has 6 heteroatoms. The Morgan fingerprint density at radius 1 is 0.912 bits per heavy atom. The molecule has 0 aliphatic carbocycles. The molecule has 1 unspecified atom stereocenters. The van der Waals surface area contributed by atoms with Gasteiger partial charge in [0.05, 0.1) is 4.92 Å². The molecular weight excluding hydrogens is 464 g/mol. The highest BCUT2D eigenvalue weighted by atomic mass is 35.5. The summed E-state index contributed by atoms with van der Waals surface area (Å²) >= 11 is 0. The minimum absolute atomic E-state index is 0. The number of hydrogen-bond acceptors (Lipinski definition) is 3. The van der Waals surface area contributed by atoms with Gasteiger partial charge in [0.2, 0.25) is 0 Å². The first kappa shape index (κ1) is 24.1. The molecule has 34 heavy (non-hydrogen) atoms. The lowest BCUT2D eigenvalue weighted by atomic mass is 10.1. The van der Waals surface area contributed by atoms with Crippen LogP contribution in [0, 0.1) is 10.1 Å². The summed E-state index contributed by atoms with van der Waals surface area (Å²) in [5.41, 5.74) is 2.46. The van der Waals surface area contributed by atoms with E-state index in [1.807, 2.05) is 6.08 Å². The normalized spacial score (nSPS) is 17.5. The molecule has 1 saturated heterocycles. The van der Waals surface area contributed by atoms with E-state index in [1.54, 1.807) is 29.1 Å². The van der Waals surface area contributed by atoms with Crippen molar-refractivity contribution in [2.45, 2.75) is 17.7 Å². The second-order valence-electron chi connectivity index (χ2n) is 8.36. The van der Waals surface area contributed by atoms with Crippen LogP contribution in [0.25, 0.3) is 17.6 Å². The zero-order chi connectivity index (χ0) is 22.6. The lowest BCUT2D eigenvalue weighted by Crippen LogP contribution is -2.34. The summed E-state index contributed by atoms with van der Waals surface area (Å²) in [5.74, 6) is 0. The quantitative estimate of drug-likeness (QED) is 0.286. The lowest BCUT2D eigenvalue weighted by molar-refractivity contribution is -0.384. The van der Waals surface area contributed by atoms with E-state index in [0.29, 0.717) is 0 Å². The monoisotopic (exact) mass is 490 g/mol. The van der Waals surface area contributed by atoms with Crippen LogP contribution in [0.4, 0.5) is 5.69 Å². The van der Waals surface area contributed by atoms with Crippen molar-refractivity contribution in [1.29, 1.82) is 0 Å². The zero-order valence-corrected chi connectivity index (χ0v) is 20.4. The Morgan fingerprint density at radius 2 is 1.59 bits per heavy atom. The molecule has 0 aromatic heterocycles. The van der Waals surface area contributed by atoms with Crippen molar-refractivity contribution >= 4 is 51.0 Å².